The molecule has 1 saturated heterocycles. The largest absolute Gasteiger partial charge is 0.489 e. The van der Waals surface area contributed by atoms with E-state index in [2.05, 4.69) is 9.82 Å². The number of carbonyl (C=O) groups excluding carboxylic acids is 3. The number of aromatic nitrogens is 1. The number of nitrogens with two attached hydrogens (primary N) is 1. The number of rotatable bonds is 20. The summed E-state index contributed by atoms with van der Waals surface area (Å²) in [5.74, 6) is -2.10. The van der Waals surface area contributed by atoms with Gasteiger partial charge in [0.15, 0.2) is 11.6 Å². The lowest BCUT2D eigenvalue weighted by Gasteiger charge is -2.38. The molecule has 3 aromatic rings. The molecule has 2 aromatic carbocycles. The number of primary amides is 1. The summed E-state index contributed by atoms with van der Waals surface area (Å²) in [7, 11) is 0. The van der Waals surface area contributed by atoms with Crippen LogP contribution in [0.15, 0.2) is 54.2 Å². The Labute approximate surface area is 339 Å². The second kappa shape index (κ2) is 19.7. The molecule has 2 atom stereocenters. The van der Waals surface area contributed by atoms with E-state index in [-0.39, 0.29) is 68.5 Å². The zero-order valence-electron chi connectivity index (χ0n) is 32.2. The average molecular weight is 828 g/mol. The molecular formula is C41H48ClF2N5O9. The van der Waals surface area contributed by atoms with Crippen molar-refractivity contribution < 1.29 is 52.6 Å². The van der Waals surface area contributed by atoms with E-state index in [4.69, 9.17) is 42.0 Å². The topological polar surface area (TPSA) is 177 Å². The number of pyridine rings is 1. The Hall–Kier alpha value is -4.87. The number of halogens is 3. The van der Waals surface area contributed by atoms with Crippen molar-refractivity contribution in [3.63, 3.8) is 0 Å². The maximum Gasteiger partial charge on any atom is 0.410 e. The van der Waals surface area contributed by atoms with Crippen molar-refractivity contribution in [2.45, 2.75) is 95.8 Å². The monoisotopic (exact) mass is 827 g/mol. The minimum Gasteiger partial charge on any atom is -0.489 e. The molecule has 3 heterocycles. The van der Waals surface area contributed by atoms with Crippen LogP contribution in [0.25, 0.3) is 5.57 Å². The molecule has 0 radical (unpaired) electrons. The number of amides is 3. The van der Waals surface area contributed by atoms with E-state index in [0.29, 0.717) is 56.4 Å². The van der Waals surface area contributed by atoms with E-state index in [9.17, 15) is 18.4 Å². The number of hydrogen-bond donors (Lipinski definition) is 3. The number of hydrogen-bond acceptors (Lipinski definition) is 11. The van der Waals surface area contributed by atoms with Crippen molar-refractivity contribution in [3.05, 3.63) is 93.1 Å². The van der Waals surface area contributed by atoms with Crippen LogP contribution in [-0.4, -0.2) is 93.0 Å². The van der Waals surface area contributed by atoms with Gasteiger partial charge in [-0.1, -0.05) is 35.9 Å². The fraction of sp³-hybridized carbons (Fsp3) is 0.463. The normalized spacial score (nSPS) is 17.5. The van der Waals surface area contributed by atoms with Crippen molar-refractivity contribution in [2.24, 2.45) is 5.73 Å². The van der Waals surface area contributed by atoms with Crippen molar-refractivity contribution in [1.82, 2.24) is 20.2 Å². The van der Waals surface area contributed by atoms with Gasteiger partial charge >= 0.3 is 6.09 Å². The molecule has 3 amide bonds. The van der Waals surface area contributed by atoms with Gasteiger partial charge in [0.05, 0.1) is 44.3 Å². The van der Waals surface area contributed by atoms with Crippen LogP contribution < -0.4 is 15.2 Å². The van der Waals surface area contributed by atoms with Gasteiger partial charge in [0.2, 0.25) is 11.8 Å². The highest BCUT2D eigenvalue weighted by atomic mass is 35.5. The molecule has 1 aromatic heterocycles. The number of nitrogens with zero attached hydrogens (tertiary/aromatic N) is 4. The third-order valence-corrected chi connectivity index (χ3v) is 11.0. The second-order valence-electron chi connectivity index (χ2n) is 14.6. The number of ether oxygens (including phenoxy) is 3. The van der Waals surface area contributed by atoms with E-state index < -0.39 is 34.7 Å². The first-order chi connectivity index (χ1) is 27.9. The molecule has 4 N–H and O–H groups in total. The summed E-state index contributed by atoms with van der Waals surface area (Å²) in [6, 6.07) is 11.0. The molecule has 312 valence electrons. The third-order valence-electron chi connectivity index (χ3n) is 10.6. The van der Waals surface area contributed by atoms with Gasteiger partial charge in [0, 0.05) is 36.0 Å². The van der Waals surface area contributed by atoms with Gasteiger partial charge in [-0.05, 0) is 105 Å². The van der Waals surface area contributed by atoms with Crippen LogP contribution in [0.2, 0.25) is 5.02 Å². The molecule has 2 unspecified atom stereocenters. The molecule has 58 heavy (non-hydrogen) atoms. The van der Waals surface area contributed by atoms with E-state index in [0.717, 1.165) is 52.8 Å². The molecule has 1 saturated carbocycles. The van der Waals surface area contributed by atoms with E-state index >= 15 is 4.79 Å². The molecule has 0 spiro atoms. The van der Waals surface area contributed by atoms with Gasteiger partial charge in [-0.3, -0.25) is 29.7 Å². The fourth-order valence-corrected chi connectivity index (χ4v) is 7.70. The summed E-state index contributed by atoms with van der Waals surface area (Å²) >= 11 is 5.90. The summed E-state index contributed by atoms with van der Waals surface area (Å²) in [5, 5.41) is 16.7. The number of fused-ring (bicyclic) bond motifs is 2. The van der Waals surface area contributed by atoms with Crippen LogP contribution in [0.5, 0.6) is 11.6 Å². The Kier molecular flexibility index (Phi) is 14.5. The van der Waals surface area contributed by atoms with Crippen LogP contribution in [0, 0.1) is 18.6 Å². The maximum absolute atomic E-state index is 15.0. The summed E-state index contributed by atoms with van der Waals surface area (Å²) < 4.78 is 44.9. The first-order valence-electron chi connectivity index (χ1n) is 19.4. The van der Waals surface area contributed by atoms with Crippen LogP contribution >= 0.6 is 11.6 Å². The van der Waals surface area contributed by atoms with E-state index in [1.54, 1.807) is 11.1 Å². The minimum atomic E-state index is -0.760. The Balaban J connectivity index is 1.22. The van der Waals surface area contributed by atoms with Gasteiger partial charge < -0.3 is 24.8 Å². The zero-order chi connectivity index (χ0) is 41.3. The van der Waals surface area contributed by atoms with Crippen molar-refractivity contribution in [2.75, 3.05) is 26.4 Å². The Bertz CT molecular complexity index is 1980. The number of benzene rings is 2. The Morgan fingerprint density at radius 1 is 0.931 bits per heavy atom. The molecule has 2 bridgehead atoms. The Morgan fingerprint density at radius 3 is 2.40 bits per heavy atom. The number of carbonyl (C=O) groups is 3. The molecule has 6 rings (SSSR count). The molecule has 2 aliphatic heterocycles. The maximum atomic E-state index is 15.0. The van der Waals surface area contributed by atoms with Gasteiger partial charge in [-0.25, -0.2) is 18.6 Å². The molecule has 3 aliphatic rings. The minimum absolute atomic E-state index is 0.00360. The van der Waals surface area contributed by atoms with Crippen molar-refractivity contribution in [1.29, 1.82) is 0 Å². The molecule has 14 nitrogen and oxygen atoms in total. The predicted molar refractivity (Wildman–Crippen MR) is 206 cm³/mol. The first-order valence-corrected chi connectivity index (χ1v) is 19.8. The lowest BCUT2D eigenvalue weighted by atomic mass is 9.87. The van der Waals surface area contributed by atoms with E-state index in [1.165, 1.54) is 0 Å². The highest BCUT2D eigenvalue weighted by Gasteiger charge is 2.49. The second-order valence-corrected chi connectivity index (χ2v) is 15.0. The molecule has 17 heteroatoms. The lowest BCUT2D eigenvalue weighted by molar-refractivity contribution is -0.492. The first kappa shape index (κ1) is 42.7. The smallest absolute Gasteiger partial charge is 0.410 e. The van der Waals surface area contributed by atoms with Gasteiger partial charge in [0.25, 0.3) is 5.91 Å². The standard InChI is InChI=1S/C41H48ClF2N5O9/c1-25-28(16-18-46-39(25)56-22-17-35(45)50)24-47(29-10-11-29)40(51)36-31(23-30-12-15-34(36)48(30)41(52)57-19-2-3-21-58-49(53)54)27-8-6-26(7-9-27)5-4-20-55-38-33(44)14-13-32(43)37(38)42/h6-9,13-14,16,18,29-30,34,53-54H,2-5,10-12,15,17,19-24H2,1H3,(H2,45,50). The van der Waals surface area contributed by atoms with Crippen LogP contribution in [-0.2, 0) is 32.1 Å². The quantitative estimate of drug-likeness (QED) is 0.0628. The van der Waals surface area contributed by atoms with Crippen LogP contribution in [0.4, 0.5) is 13.6 Å². The number of aryl methyl sites for hydroxylation is 1. The summed E-state index contributed by atoms with van der Waals surface area (Å²) in [6.45, 7) is 2.46. The summed E-state index contributed by atoms with van der Waals surface area (Å²) in [4.78, 5) is 52.5. The van der Waals surface area contributed by atoms with E-state index in [1.807, 2.05) is 42.2 Å². The third kappa shape index (κ3) is 10.6. The fourth-order valence-electron chi connectivity index (χ4n) is 7.49. The molecular weight excluding hydrogens is 780 g/mol. The van der Waals surface area contributed by atoms with Gasteiger partial charge in [-0.2, -0.15) is 0 Å². The molecule has 2 fully saturated rings. The Morgan fingerprint density at radius 2 is 1.67 bits per heavy atom. The highest BCUT2D eigenvalue weighted by Crippen LogP contribution is 2.45. The van der Waals surface area contributed by atoms with Gasteiger partial charge in [0.1, 0.15) is 10.8 Å². The number of unbranched alkanes of at least 4 members (excludes halogenated alkanes) is 1. The van der Waals surface area contributed by atoms with Crippen molar-refractivity contribution >= 4 is 35.1 Å². The SMILES string of the molecule is Cc1c(CN(C(=O)C2=C(c3ccc(CCCOc4c(F)ccc(F)c4Cl)cc3)CC3CCC2N3C(=O)OCCCCON(O)O)C2CC2)ccnc1OCCC(N)=O. The average Bonchev–Trinajstić information content (AvgIpc) is 3.99. The lowest BCUT2D eigenvalue weighted by Crippen LogP contribution is -2.49. The summed E-state index contributed by atoms with van der Waals surface area (Å²) in [6.07, 6.45) is 6.47. The highest BCUT2D eigenvalue weighted by molar-refractivity contribution is 6.32. The van der Waals surface area contributed by atoms with Gasteiger partial charge in [-0.15, -0.1) is 0 Å². The van der Waals surface area contributed by atoms with Crippen LogP contribution in [0.3, 0.4) is 0 Å². The zero-order valence-corrected chi connectivity index (χ0v) is 33.0. The summed E-state index contributed by atoms with van der Waals surface area (Å²) in [5.41, 5.74) is 10.1. The predicted octanol–water partition coefficient (Wildman–Crippen LogP) is 6.70. The molecule has 1 aliphatic carbocycles. The van der Waals surface area contributed by atoms with Crippen LogP contribution in [0.1, 0.15) is 80.0 Å². The van der Waals surface area contributed by atoms with Crippen molar-refractivity contribution in [3.8, 4) is 11.6 Å².